The number of carbonyl (C=O) groups is 1. The fourth-order valence-corrected chi connectivity index (χ4v) is 2.87. The first-order valence-corrected chi connectivity index (χ1v) is 7.93. The topological polar surface area (TPSA) is 41.1 Å². The van der Waals surface area contributed by atoms with Gasteiger partial charge in [0.15, 0.2) is 0 Å². The average molecular weight is 343 g/mol. The molecule has 0 atom stereocenters. The molecule has 0 saturated heterocycles. The summed E-state index contributed by atoms with van der Waals surface area (Å²) in [5.41, 5.74) is 0.731. The number of hydrogen-bond acceptors (Lipinski definition) is 2. The van der Waals surface area contributed by atoms with E-state index in [1.807, 2.05) is 0 Å². The molecule has 0 aromatic heterocycles. The van der Waals surface area contributed by atoms with Crippen molar-refractivity contribution in [2.24, 2.45) is 0 Å². The summed E-state index contributed by atoms with van der Waals surface area (Å²) >= 11 is 3.13. The Morgan fingerprint density at radius 1 is 1.25 bits per heavy atom. The first-order chi connectivity index (χ1) is 9.65. The molecule has 1 aliphatic rings. The van der Waals surface area contributed by atoms with E-state index in [0.29, 0.717) is 10.5 Å². The highest BCUT2D eigenvalue weighted by Gasteiger charge is 2.14. The third kappa shape index (κ3) is 4.78. The molecule has 5 heteroatoms. The zero-order valence-corrected chi connectivity index (χ0v) is 13.0. The van der Waals surface area contributed by atoms with Crippen LogP contribution in [0.25, 0.3) is 0 Å². The molecule has 20 heavy (non-hydrogen) atoms. The SMILES string of the molecule is O=C(CNc1ccc(F)c(Br)c1)NC1CCCCCC1. The lowest BCUT2D eigenvalue weighted by molar-refractivity contribution is -0.120. The number of benzene rings is 1. The summed E-state index contributed by atoms with van der Waals surface area (Å²) in [5, 5.41) is 6.08. The van der Waals surface area contributed by atoms with Crippen LogP contribution in [0.5, 0.6) is 0 Å². The molecular weight excluding hydrogens is 323 g/mol. The molecule has 110 valence electrons. The second-order valence-electron chi connectivity index (χ2n) is 5.24. The van der Waals surface area contributed by atoms with Gasteiger partial charge in [-0.25, -0.2) is 4.39 Å². The first kappa shape index (κ1) is 15.3. The van der Waals surface area contributed by atoms with Gasteiger partial charge < -0.3 is 10.6 Å². The highest BCUT2D eigenvalue weighted by atomic mass is 79.9. The van der Waals surface area contributed by atoms with E-state index in [-0.39, 0.29) is 18.3 Å². The number of nitrogens with one attached hydrogen (secondary N) is 2. The van der Waals surface area contributed by atoms with Gasteiger partial charge in [0.25, 0.3) is 0 Å². The van der Waals surface area contributed by atoms with Crippen LogP contribution in [0.15, 0.2) is 22.7 Å². The van der Waals surface area contributed by atoms with Gasteiger partial charge in [-0.05, 0) is 47.0 Å². The first-order valence-electron chi connectivity index (χ1n) is 7.13. The molecule has 0 bridgehead atoms. The zero-order chi connectivity index (χ0) is 14.4. The molecule has 1 saturated carbocycles. The molecular formula is C15H20BrFN2O. The number of hydrogen-bond donors (Lipinski definition) is 2. The van der Waals surface area contributed by atoms with E-state index in [9.17, 15) is 9.18 Å². The van der Waals surface area contributed by atoms with Crippen molar-refractivity contribution in [1.82, 2.24) is 5.32 Å². The van der Waals surface area contributed by atoms with Crippen LogP contribution in [-0.2, 0) is 4.79 Å². The Kier molecular flexibility index (Phi) is 5.83. The summed E-state index contributed by atoms with van der Waals surface area (Å²) in [4.78, 5) is 11.9. The minimum atomic E-state index is -0.307. The van der Waals surface area contributed by atoms with E-state index in [2.05, 4.69) is 26.6 Å². The third-order valence-corrected chi connectivity index (χ3v) is 4.20. The van der Waals surface area contributed by atoms with E-state index in [1.165, 1.54) is 31.7 Å². The maximum absolute atomic E-state index is 13.1. The van der Waals surface area contributed by atoms with E-state index in [0.717, 1.165) is 18.5 Å². The van der Waals surface area contributed by atoms with Crippen molar-refractivity contribution in [3.63, 3.8) is 0 Å². The van der Waals surface area contributed by atoms with Crippen molar-refractivity contribution in [3.8, 4) is 0 Å². The van der Waals surface area contributed by atoms with Crippen molar-refractivity contribution in [3.05, 3.63) is 28.5 Å². The summed E-state index contributed by atoms with van der Waals surface area (Å²) in [6, 6.07) is 4.94. The molecule has 0 aliphatic heterocycles. The zero-order valence-electron chi connectivity index (χ0n) is 11.4. The average Bonchev–Trinajstić information content (AvgIpc) is 2.69. The maximum Gasteiger partial charge on any atom is 0.239 e. The van der Waals surface area contributed by atoms with Crippen molar-refractivity contribution in [2.75, 3.05) is 11.9 Å². The van der Waals surface area contributed by atoms with Gasteiger partial charge in [-0.3, -0.25) is 4.79 Å². The van der Waals surface area contributed by atoms with Crippen molar-refractivity contribution in [1.29, 1.82) is 0 Å². The molecule has 1 aromatic rings. The Morgan fingerprint density at radius 2 is 1.95 bits per heavy atom. The Morgan fingerprint density at radius 3 is 2.60 bits per heavy atom. The predicted molar refractivity (Wildman–Crippen MR) is 82.2 cm³/mol. The minimum Gasteiger partial charge on any atom is -0.376 e. The lowest BCUT2D eigenvalue weighted by Crippen LogP contribution is -2.38. The maximum atomic E-state index is 13.1. The highest BCUT2D eigenvalue weighted by Crippen LogP contribution is 2.20. The van der Waals surface area contributed by atoms with Gasteiger partial charge in [0.05, 0.1) is 11.0 Å². The van der Waals surface area contributed by atoms with Crippen molar-refractivity contribution >= 4 is 27.5 Å². The number of anilines is 1. The Bertz CT molecular complexity index is 459. The summed E-state index contributed by atoms with van der Waals surface area (Å²) in [7, 11) is 0. The fourth-order valence-electron chi connectivity index (χ4n) is 2.49. The van der Waals surface area contributed by atoms with Gasteiger partial charge in [-0.2, -0.15) is 0 Å². The number of carbonyl (C=O) groups excluding carboxylic acids is 1. The van der Waals surface area contributed by atoms with Crippen molar-refractivity contribution < 1.29 is 9.18 Å². The van der Waals surface area contributed by atoms with E-state index in [1.54, 1.807) is 12.1 Å². The van der Waals surface area contributed by atoms with Crippen LogP contribution in [0.3, 0.4) is 0 Å². The van der Waals surface area contributed by atoms with Gasteiger partial charge in [-0.15, -0.1) is 0 Å². The smallest absolute Gasteiger partial charge is 0.239 e. The molecule has 2 N–H and O–H groups in total. The van der Waals surface area contributed by atoms with E-state index < -0.39 is 0 Å². The second-order valence-corrected chi connectivity index (χ2v) is 6.09. The summed E-state index contributed by atoms with van der Waals surface area (Å²) in [6.45, 7) is 0.217. The molecule has 1 aromatic carbocycles. The Labute approximate surface area is 127 Å². The van der Waals surface area contributed by atoms with E-state index >= 15 is 0 Å². The lowest BCUT2D eigenvalue weighted by atomic mass is 10.1. The molecule has 1 aliphatic carbocycles. The number of amides is 1. The van der Waals surface area contributed by atoms with Gasteiger partial charge in [0.2, 0.25) is 5.91 Å². The van der Waals surface area contributed by atoms with Gasteiger partial charge in [-0.1, -0.05) is 25.7 Å². The molecule has 2 rings (SSSR count). The standard InChI is InChI=1S/C15H20BrFN2O/c16-13-9-12(7-8-14(13)17)18-10-15(20)19-11-5-3-1-2-4-6-11/h7-9,11,18H,1-6,10H2,(H,19,20). The van der Waals surface area contributed by atoms with Crippen LogP contribution in [0, 0.1) is 5.82 Å². The predicted octanol–water partition coefficient (Wildman–Crippen LogP) is 3.84. The highest BCUT2D eigenvalue weighted by molar-refractivity contribution is 9.10. The largest absolute Gasteiger partial charge is 0.376 e. The Hall–Kier alpha value is -1.10. The van der Waals surface area contributed by atoms with Crippen LogP contribution < -0.4 is 10.6 Å². The molecule has 1 amide bonds. The van der Waals surface area contributed by atoms with Gasteiger partial charge >= 0.3 is 0 Å². The minimum absolute atomic E-state index is 0.00246. The molecule has 0 spiro atoms. The number of rotatable bonds is 4. The monoisotopic (exact) mass is 342 g/mol. The molecule has 0 heterocycles. The summed E-state index contributed by atoms with van der Waals surface area (Å²) in [5.74, 6) is -0.309. The van der Waals surface area contributed by atoms with Crippen LogP contribution in [0.1, 0.15) is 38.5 Å². The number of halogens is 2. The molecule has 0 radical (unpaired) electrons. The normalized spacial score (nSPS) is 16.5. The second kappa shape index (κ2) is 7.62. The van der Waals surface area contributed by atoms with Crippen molar-refractivity contribution in [2.45, 2.75) is 44.6 Å². The Balaban J connectivity index is 1.77. The third-order valence-electron chi connectivity index (χ3n) is 3.59. The molecule has 0 unspecified atom stereocenters. The van der Waals surface area contributed by atoms with Crippen LogP contribution in [0.2, 0.25) is 0 Å². The fraction of sp³-hybridized carbons (Fsp3) is 0.533. The van der Waals surface area contributed by atoms with Gasteiger partial charge in [0, 0.05) is 11.7 Å². The molecule has 1 fully saturated rings. The van der Waals surface area contributed by atoms with Crippen LogP contribution in [0.4, 0.5) is 10.1 Å². The van der Waals surface area contributed by atoms with Crippen LogP contribution in [-0.4, -0.2) is 18.5 Å². The molecule has 3 nitrogen and oxygen atoms in total. The lowest BCUT2D eigenvalue weighted by Gasteiger charge is -2.16. The summed E-state index contributed by atoms with van der Waals surface area (Å²) in [6.07, 6.45) is 7.09. The summed E-state index contributed by atoms with van der Waals surface area (Å²) < 4.78 is 13.5. The van der Waals surface area contributed by atoms with Gasteiger partial charge in [0.1, 0.15) is 5.82 Å². The quantitative estimate of drug-likeness (QED) is 0.816. The van der Waals surface area contributed by atoms with Crippen LogP contribution >= 0.6 is 15.9 Å². The van der Waals surface area contributed by atoms with E-state index in [4.69, 9.17) is 0 Å².